The first kappa shape index (κ1) is 22.1. The fraction of sp³-hybridized carbons (Fsp3) is 0.318. The van der Waals surface area contributed by atoms with E-state index in [9.17, 15) is 18.0 Å². The number of hydrogen-bond acceptors (Lipinski definition) is 4. The van der Waals surface area contributed by atoms with Crippen molar-refractivity contribution in [3.8, 4) is 11.5 Å². The van der Waals surface area contributed by atoms with E-state index in [1.807, 2.05) is 11.0 Å². The summed E-state index contributed by atoms with van der Waals surface area (Å²) < 4.78 is 42.8. The fourth-order valence-electron chi connectivity index (χ4n) is 3.56. The number of hydrogen-bond donors (Lipinski definition) is 0. The van der Waals surface area contributed by atoms with E-state index in [1.54, 1.807) is 47.4 Å². The Labute approximate surface area is 187 Å². The van der Waals surface area contributed by atoms with Gasteiger partial charge in [-0.15, -0.1) is 10.2 Å². The van der Waals surface area contributed by atoms with Gasteiger partial charge in [-0.05, 0) is 55.2 Å². The van der Waals surface area contributed by atoms with Crippen LogP contribution < -0.4 is 4.90 Å². The van der Waals surface area contributed by atoms with Crippen LogP contribution in [0.25, 0.3) is 11.5 Å². The number of alkyl halides is 3. The first-order valence-corrected chi connectivity index (χ1v) is 10.5. The highest BCUT2D eigenvalue weighted by Gasteiger charge is 2.38. The van der Waals surface area contributed by atoms with E-state index in [2.05, 4.69) is 10.2 Å². The number of carbonyl (C=O) groups is 1. The number of aromatic nitrogens is 2. The summed E-state index contributed by atoms with van der Waals surface area (Å²) in [4.78, 5) is 16.8. The zero-order valence-electron chi connectivity index (χ0n) is 17.0. The molecular weight excluding hydrogens is 445 g/mol. The minimum atomic E-state index is -4.70. The van der Waals surface area contributed by atoms with Crippen LogP contribution in [0.4, 0.5) is 23.7 Å². The molecule has 2 aromatic carbocycles. The third-order valence-corrected chi connectivity index (χ3v) is 5.42. The summed E-state index contributed by atoms with van der Waals surface area (Å²) in [5, 5.41) is 7.03. The summed E-state index contributed by atoms with van der Waals surface area (Å²) in [6.07, 6.45) is -1.66. The van der Waals surface area contributed by atoms with Crippen molar-refractivity contribution in [1.29, 1.82) is 0 Å². The SMILES string of the molecule is O=C(N1CCCCC1)N(Cc1ccc(-c2nnc(C(F)(F)F)o2)cc1)c1cccc(Cl)c1. The van der Waals surface area contributed by atoms with Crippen LogP contribution in [-0.4, -0.2) is 34.2 Å². The zero-order chi connectivity index (χ0) is 22.7. The topological polar surface area (TPSA) is 62.5 Å². The predicted octanol–water partition coefficient (Wildman–Crippen LogP) is 6.02. The molecule has 0 spiro atoms. The number of amides is 2. The number of likely N-dealkylation sites (tertiary alicyclic amines) is 1. The third kappa shape index (κ3) is 5.04. The number of nitrogens with zero attached hydrogens (tertiary/aromatic N) is 4. The number of rotatable bonds is 4. The molecule has 2 heterocycles. The molecule has 0 unspecified atom stereocenters. The lowest BCUT2D eigenvalue weighted by Crippen LogP contribution is -2.45. The van der Waals surface area contributed by atoms with Crippen LogP contribution in [0.1, 0.15) is 30.7 Å². The Morgan fingerprint density at radius 3 is 2.41 bits per heavy atom. The van der Waals surface area contributed by atoms with Crippen molar-refractivity contribution in [2.45, 2.75) is 32.0 Å². The summed E-state index contributed by atoms with van der Waals surface area (Å²) in [6.45, 7) is 1.68. The van der Waals surface area contributed by atoms with Crippen molar-refractivity contribution in [3.63, 3.8) is 0 Å². The first-order chi connectivity index (χ1) is 15.3. The van der Waals surface area contributed by atoms with Gasteiger partial charge >= 0.3 is 18.1 Å². The van der Waals surface area contributed by atoms with Gasteiger partial charge in [0.15, 0.2) is 0 Å². The molecule has 0 N–H and O–H groups in total. The zero-order valence-corrected chi connectivity index (χ0v) is 17.7. The first-order valence-electron chi connectivity index (χ1n) is 10.1. The van der Waals surface area contributed by atoms with E-state index >= 15 is 0 Å². The second-order valence-electron chi connectivity index (χ2n) is 7.50. The molecule has 4 rings (SSSR count). The molecule has 168 valence electrons. The van der Waals surface area contributed by atoms with Crippen LogP contribution in [0, 0.1) is 0 Å². The van der Waals surface area contributed by atoms with Crippen LogP contribution in [-0.2, 0) is 12.7 Å². The number of anilines is 1. The average molecular weight is 465 g/mol. The quantitative estimate of drug-likeness (QED) is 0.473. The molecule has 1 fully saturated rings. The average Bonchev–Trinajstić information content (AvgIpc) is 3.29. The Bertz CT molecular complexity index is 1080. The molecule has 1 aromatic heterocycles. The highest BCUT2D eigenvalue weighted by molar-refractivity contribution is 6.30. The number of urea groups is 1. The van der Waals surface area contributed by atoms with Gasteiger partial charge in [-0.3, -0.25) is 4.90 Å². The predicted molar refractivity (Wildman–Crippen MR) is 113 cm³/mol. The lowest BCUT2D eigenvalue weighted by molar-refractivity contribution is -0.156. The maximum absolute atomic E-state index is 13.3. The highest BCUT2D eigenvalue weighted by Crippen LogP contribution is 2.30. The smallest absolute Gasteiger partial charge is 0.413 e. The van der Waals surface area contributed by atoms with E-state index < -0.39 is 12.1 Å². The molecule has 32 heavy (non-hydrogen) atoms. The molecule has 1 aliphatic heterocycles. The van der Waals surface area contributed by atoms with Gasteiger partial charge in [0.2, 0.25) is 5.89 Å². The lowest BCUT2D eigenvalue weighted by Gasteiger charge is -2.33. The van der Waals surface area contributed by atoms with Crippen molar-refractivity contribution in [1.82, 2.24) is 15.1 Å². The van der Waals surface area contributed by atoms with Gasteiger partial charge in [-0.2, -0.15) is 13.2 Å². The molecule has 0 radical (unpaired) electrons. The minimum absolute atomic E-state index is 0.109. The minimum Gasteiger partial charge on any atom is -0.413 e. The second kappa shape index (κ2) is 9.20. The van der Waals surface area contributed by atoms with Crippen LogP contribution >= 0.6 is 11.6 Å². The summed E-state index contributed by atoms with van der Waals surface area (Å²) in [7, 11) is 0. The molecule has 6 nitrogen and oxygen atoms in total. The molecule has 3 aromatic rings. The van der Waals surface area contributed by atoms with Gasteiger partial charge in [0.25, 0.3) is 0 Å². The maximum Gasteiger partial charge on any atom is 0.470 e. The van der Waals surface area contributed by atoms with Crippen LogP contribution in [0.5, 0.6) is 0 Å². The Hall–Kier alpha value is -3.07. The number of piperidine rings is 1. The van der Waals surface area contributed by atoms with Crippen LogP contribution in [0.2, 0.25) is 5.02 Å². The van der Waals surface area contributed by atoms with E-state index in [-0.39, 0.29) is 18.5 Å². The molecule has 10 heteroatoms. The van der Waals surface area contributed by atoms with E-state index in [0.717, 1.165) is 24.8 Å². The number of halogens is 4. The van der Waals surface area contributed by atoms with Gasteiger partial charge in [0, 0.05) is 29.4 Å². The van der Waals surface area contributed by atoms with Crippen LogP contribution in [0.15, 0.2) is 52.9 Å². The summed E-state index contributed by atoms with van der Waals surface area (Å²) in [5.74, 6) is -1.61. The largest absolute Gasteiger partial charge is 0.470 e. The van der Waals surface area contributed by atoms with Crippen molar-refractivity contribution in [2.24, 2.45) is 0 Å². The molecule has 0 bridgehead atoms. The van der Waals surface area contributed by atoms with Gasteiger partial charge in [-0.25, -0.2) is 4.79 Å². The van der Waals surface area contributed by atoms with Gasteiger partial charge in [-0.1, -0.05) is 29.8 Å². The standard InChI is InChI=1S/C22H20ClF3N4O2/c23-17-5-4-6-18(13-17)30(21(31)29-11-2-1-3-12-29)14-15-7-9-16(10-8-15)19-27-28-20(32-19)22(24,25)26/h4-10,13H,1-3,11-12,14H2. The molecule has 2 amide bonds. The summed E-state index contributed by atoms with van der Waals surface area (Å²) in [6, 6.07) is 13.6. The lowest BCUT2D eigenvalue weighted by atomic mass is 10.1. The second-order valence-corrected chi connectivity index (χ2v) is 7.94. The Morgan fingerprint density at radius 1 is 1.06 bits per heavy atom. The van der Waals surface area contributed by atoms with Gasteiger partial charge in [0.1, 0.15) is 0 Å². The van der Waals surface area contributed by atoms with E-state index in [1.165, 1.54) is 0 Å². The Kier molecular flexibility index (Phi) is 6.36. The maximum atomic E-state index is 13.3. The summed E-state index contributed by atoms with van der Waals surface area (Å²) >= 11 is 6.15. The molecule has 1 saturated heterocycles. The Morgan fingerprint density at radius 2 is 1.78 bits per heavy atom. The van der Waals surface area contributed by atoms with E-state index in [0.29, 0.717) is 29.4 Å². The molecule has 0 saturated carbocycles. The Balaban J connectivity index is 1.56. The molecular formula is C22H20ClF3N4O2. The molecule has 0 aliphatic carbocycles. The number of carbonyl (C=O) groups excluding carboxylic acids is 1. The van der Waals surface area contributed by atoms with Crippen molar-refractivity contribution in [3.05, 3.63) is 65.0 Å². The molecule has 0 atom stereocenters. The van der Waals surface area contributed by atoms with Crippen LogP contribution in [0.3, 0.4) is 0 Å². The third-order valence-electron chi connectivity index (χ3n) is 5.19. The van der Waals surface area contributed by atoms with Gasteiger partial charge < -0.3 is 9.32 Å². The van der Waals surface area contributed by atoms with Crippen molar-refractivity contribution < 1.29 is 22.4 Å². The fourth-order valence-corrected chi connectivity index (χ4v) is 3.74. The number of benzene rings is 2. The van der Waals surface area contributed by atoms with Gasteiger partial charge in [0.05, 0.1) is 6.54 Å². The highest BCUT2D eigenvalue weighted by atomic mass is 35.5. The molecule has 1 aliphatic rings. The normalized spacial score (nSPS) is 14.4. The van der Waals surface area contributed by atoms with Crippen molar-refractivity contribution in [2.75, 3.05) is 18.0 Å². The van der Waals surface area contributed by atoms with E-state index in [4.69, 9.17) is 16.0 Å². The monoisotopic (exact) mass is 464 g/mol. The van der Waals surface area contributed by atoms with Crippen molar-refractivity contribution >= 4 is 23.3 Å². The summed E-state index contributed by atoms with van der Waals surface area (Å²) in [5.41, 5.74) is 1.81.